The fourth-order valence-corrected chi connectivity index (χ4v) is 0.329. The van der Waals surface area contributed by atoms with Crippen molar-refractivity contribution >= 4 is 0 Å². The molecule has 0 heteroatoms. The highest BCUT2D eigenvalue weighted by molar-refractivity contribution is 4.85. The maximum atomic E-state index is 3.80. The zero-order chi connectivity index (χ0) is 5.70. The van der Waals surface area contributed by atoms with Crippen LogP contribution in [-0.4, -0.2) is 0 Å². The van der Waals surface area contributed by atoms with E-state index >= 15 is 0 Å². The Kier molecular flexibility index (Phi) is 3.77. The molecule has 0 aliphatic heterocycles. The summed E-state index contributed by atoms with van der Waals surface area (Å²) in [5.41, 5.74) is 0. The second kappa shape index (κ2) is 3.91. The zero-order valence-corrected chi connectivity index (χ0v) is 4.85. The second-order valence-corrected chi connectivity index (χ2v) is 1.81. The molecule has 0 bridgehead atoms. The minimum Gasteiger partial charge on any atom is -0.0883 e. The molecule has 0 aliphatic rings. The Bertz CT molecular complexity index is 51.1. The maximum Gasteiger partial charge on any atom is -0.0316 e. The minimum atomic E-state index is 0.526. The molecule has 0 aromatic rings. The Hall–Kier alpha value is -0.260. The van der Waals surface area contributed by atoms with Gasteiger partial charge in [-0.2, -0.15) is 0 Å². The van der Waals surface area contributed by atoms with Gasteiger partial charge in [0, 0.05) is 0 Å². The van der Waals surface area contributed by atoms with Crippen LogP contribution in [0, 0.1) is 19.8 Å². The van der Waals surface area contributed by atoms with E-state index in [0.29, 0.717) is 5.92 Å². The molecule has 0 amide bonds. The van der Waals surface area contributed by atoms with Crippen molar-refractivity contribution in [2.45, 2.75) is 13.3 Å². The molecular weight excluding hydrogens is 84.1 g/mol. The van der Waals surface area contributed by atoms with Gasteiger partial charge in [0.15, 0.2) is 0 Å². The van der Waals surface area contributed by atoms with Gasteiger partial charge in [0.1, 0.15) is 0 Å². The highest BCUT2D eigenvalue weighted by Gasteiger charge is 1.84. The molecule has 0 rings (SSSR count). The molecule has 0 aliphatic carbocycles. The summed E-state index contributed by atoms with van der Waals surface area (Å²) in [5.74, 6) is 0.526. The lowest BCUT2D eigenvalue weighted by atomic mass is 10.1. The van der Waals surface area contributed by atoms with Crippen molar-refractivity contribution in [1.29, 1.82) is 0 Å². The van der Waals surface area contributed by atoms with Gasteiger partial charge in [-0.05, 0) is 19.3 Å². The number of hydrogen-bond donors (Lipinski definition) is 0. The molecule has 0 aromatic carbocycles. The maximum absolute atomic E-state index is 3.80. The van der Waals surface area contributed by atoms with Crippen molar-refractivity contribution in [3.63, 3.8) is 0 Å². The average Bonchev–Trinajstić information content (AvgIpc) is 1.61. The second-order valence-electron chi connectivity index (χ2n) is 1.81. The summed E-state index contributed by atoms with van der Waals surface area (Å²) in [4.78, 5) is 0. The van der Waals surface area contributed by atoms with Gasteiger partial charge >= 0.3 is 0 Å². The standard InChI is InChI=1S/C7H12/c1-4-5-6-7(2)3/h4-5,7H,1-2,6H2,3H3/b5-4+. The molecule has 40 valence electrons. The fourth-order valence-electron chi connectivity index (χ4n) is 0.329. The van der Waals surface area contributed by atoms with Crippen LogP contribution in [0.25, 0.3) is 0 Å². The van der Waals surface area contributed by atoms with Crippen LogP contribution in [0.15, 0.2) is 12.2 Å². The van der Waals surface area contributed by atoms with Gasteiger partial charge in [-0.1, -0.05) is 26.0 Å². The molecule has 0 saturated heterocycles. The lowest BCUT2D eigenvalue weighted by Gasteiger charge is -1.93. The molecule has 0 N–H and O–H groups in total. The number of hydrogen-bond acceptors (Lipinski definition) is 0. The quantitative estimate of drug-likeness (QED) is 0.494. The summed E-state index contributed by atoms with van der Waals surface area (Å²) < 4.78 is 0. The Morgan fingerprint density at radius 1 is 1.71 bits per heavy atom. The van der Waals surface area contributed by atoms with Crippen molar-refractivity contribution in [3.8, 4) is 0 Å². The third kappa shape index (κ3) is 5.74. The topological polar surface area (TPSA) is 0 Å². The first-order valence-corrected chi connectivity index (χ1v) is 2.54. The average molecular weight is 96.2 g/mol. The van der Waals surface area contributed by atoms with Gasteiger partial charge in [0.25, 0.3) is 0 Å². The molecule has 0 nitrogen and oxygen atoms in total. The van der Waals surface area contributed by atoms with Gasteiger partial charge in [-0.25, -0.2) is 0 Å². The Morgan fingerprint density at radius 3 is 2.43 bits per heavy atom. The van der Waals surface area contributed by atoms with Crippen LogP contribution in [0.3, 0.4) is 0 Å². The van der Waals surface area contributed by atoms with Crippen molar-refractivity contribution in [2.75, 3.05) is 0 Å². The molecule has 0 aromatic heterocycles. The first kappa shape index (κ1) is 6.74. The summed E-state index contributed by atoms with van der Waals surface area (Å²) in [6.45, 7) is 9.43. The van der Waals surface area contributed by atoms with Crippen LogP contribution >= 0.6 is 0 Å². The lowest BCUT2D eigenvalue weighted by molar-refractivity contribution is 0.740. The fraction of sp³-hybridized carbons (Fsp3) is 0.429. The molecule has 0 saturated carbocycles. The van der Waals surface area contributed by atoms with Crippen LogP contribution < -0.4 is 0 Å². The first-order chi connectivity index (χ1) is 3.27. The lowest BCUT2D eigenvalue weighted by Crippen LogP contribution is -1.80. The van der Waals surface area contributed by atoms with Crippen LogP contribution in [-0.2, 0) is 0 Å². The van der Waals surface area contributed by atoms with E-state index in [0.717, 1.165) is 6.42 Å². The van der Waals surface area contributed by atoms with Gasteiger partial charge in [0.2, 0.25) is 0 Å². The molecule has 2 radical (unpaired) electrons. The van der Waals surface area contributed by atoms with E-state index in [9.17, 15) is 0 Å². The normalized spacial score (nSPS) is 11.4. The van der Waals surface area contributed by atoms with Gasteiger partial charge in [-0.15, -0.1) is 0 Å². The summed E-state index contributed by atoms with van der Waals surface area (Å²) in [6, 6.07) is 0. The molecule has 0 fully saturated rings. The minimum absolute atomic E-state index is 0.526. The van der Waals surface area contributed by atoms with Crippen molar-refractivity contribution < 1.29 is 0 Å². The van der Waals surface area contributed by atoms with E-state index in [4.69, 9.17) is 0 Å². The van der Waals surface area contributed by atoms with E-state index in [1.165, 1.54) is 0 Å². The third-order valence-corrected chi connectivity index (χ3v) is 0.705. The largest absolute Gasteiger partial charge is 0.0883 e. The summed E-state index contributed by atoms with van der Waals surface area (Å²) in [5, 5.41) is 0. The number of allylic oxidation sites excluding steroid dienone is 2. The molecule has 0 spiro atoms. The van der Waals surface area contributed by atoms with Crippen LogP contribution in [0.1, 0.15) is 13.3 Å². The molecular formula is C7H12. The van der Waals surface area contributed by atoms with Gasteiger partial charge < -0.3 is 0 Å². The van der Waals surface area contributed by atoms with Crippen LogP contribution in [0.4, 0.5) is 0 Å². The molecule has 0 heterocycles. The smallest absolute Gasteiger partial charge is 0.0316 e. The third-order valence-electron chi connectivity index (χ3n) is 0.705. The monoisotopic (exact) mass is 96.1 g/mol. The van der Waals surface area contributed by atoms with E-state index in [1.54, 1.807) is 0 Å². The highest BCUT2D eigenvalue weighted by Crippen LogP contribution is 1.97. The molecule has 1 unspecified atom stereocenters. The van der Waals surface area contributed by atoms with E-state index < -0.39 is 0 Å². The zero-order valence-electron chi connectivity index (χ0n) is 4.85. The van der Waals surface area contributed by atoms with Crippen molar-refractivity contribution in [2.24, 2.45) is 5.92 Å². The highest BCUT2D eigenvalue weighted by atomic mass is 13.9. The van der Waals surface area contributed by atoms with Crippen LogP contribution in [0.5, 0.6) is 0 Å². The van der Waals surface area contributed by atoms with Crippen molar-refractivity contribution in [1.82, 2.24) is 0 Å². The summed E-state index contributed by atoms with van der Waals surface area (Å²) >= 11 is 0. The predicted molar refractivity (Wildman–Crippen MR) is 33.6 cm³/mol. The van der Waals surface area contributed by atoms with Crippen LogP contribution in [0.2, 0.25) is 0 Å². The van der Waals surface area contributed by atoms with Gasteiger partial charge in [0.05, 0.1) is 0 Å². The number of rotatable bonds is 2. The molecule has 1 atom stereocenters. The van der Waals surface area contributed by atoms with Crippen molar-refractivity contribution in [3.05, 3.63) is 26.0 Å². The predicted octanol–water partition coefficient (Wildman–Crippen LogP) is 2.24. The Balaban J connectivity index is 2.97. The van der Waals surface area contributed by atoms with E-state index in [1.807, 2.05) is 12.2 Å². The van der Waals surface area contributed by atoms with E-state index in [-0.39, 0.29) is 0 Å². The Labute approximate surface area is 46.2 Å². The Morgan fingerprint density at radius 2 is 2.29 bits per heavy atom. The SMILES string of the molecule is [CH2]/C=C/CC([CH2])C. The molecule has 7 heavy (non-hydrogen) atoms. The van der Waals surface area contributed by atoms with E-state index in [2.05, 4.69) is 20.8 Å². The summed E-state index contributed by atoms with van der Waals surface area (Å²) in [7, 11) is 0. The van der Waals surface area contributed by atoms with Gasteiger partial charge in [-0.3, -0.25) is 0 Å². The summed E-state index contributed by atoms with van der Waals surface area (Å²) in [6.07, 6.45) is 4.88. The first-order valence-electron chi connectivity index (χ1n) is 2.54.